The fraction of sp³-hybridized carbons (Fsp3) is 0.0625. The maximum atomic E-state index is 13.2. The van der Waals surface area contributed by atoms with Gasteiger partial charge in [0.25, 0.3) is 0 Å². The van der Waals surface area contributed by atoms with Crippen molar-refractivity contribution in [2.45, 2.75) is 6.18 Å². The molecule has 1 aromatic heterocycles. The van der Waals surface area contributed by atoms with Crippen LogP contribution in [0.5, 0.6) is 0 Å². The summed E-state index contributed by atoms with van der Waals surface area (Å²) in [7, 11) is 0. The van der Waals surface area contributed by atoms with Crippen LogP contribution in [0.4, 0.5) is 13.2 Å². The number of nitrogens with one attached hydrogen (secondary N) is 1. The Kier molecular flexibility index (Phi) is 3.56. The second-order valence-electron chi connectivity index (χ2n) is 4.76. The monoisotopic (exact) mass is 367 g/mol. The van der Waals surface area contributed by atoms with Gasteiger partial charge in [0, 0.05) is 26.5 Å². The maximum Gasteiger partial charge on any atom is 0.417 e. The van der Waals surface area contributed by atoms with Crippen LogP contribution in [0.3, 0.4) is 0 Å². The van der Waals surface area contributed by atoms with E-state index in [0.717, 1.165) is 10.5 Å². The number of alkyl halides is 3. The van der Waals surface area contributed by atoms with Gasteiger partial charge in [-0.05, 0) is 24.3 Å². The Labute approximate surface area is 132 Å². The van der Waals surface area contributed by atoms with Crippen molar-refractivity contribution in [1.29, 1.82) is 0 Å². The van der Waals surface area contributed by atoms with E-state index in [-0.39, 0.29) is 16.8 Å². The highest BCUT2D eigenvalue weighted by atomic mass is 79.9. The third-order valence-electron chi connectivity index (χ3n) is 3.42. The molecular weight excluding hydrogens is 359 g/mol. The second kappa shape index (κ2) is 5.28. The number of carbonyl (C=O) groups excluding carboxylic acids is 1. The Morgan fingerprint density at radius 1 is 1.09 bits per heavy atom. The first-order valence-corrected chi connectivity index (χ1v) is 7.14. The zero-order valence-electron chi connectivity index (χ0n) is 11.0. The standard InChI is InChI=1S/C16H9BrF3NO/c17-9-5-6-14-11(7-9)12(8-22)15(21-14)10-3-1-2-4-13(10)16(18,19)20/h1-8,21H. The molecule has 0 unspecified atom stereocenters. The van der Waals surface area contributed by atoms with Crippen molar-refractivity contribution >= 4 is 33.1 Å². The molecular formula is C16H9BrF3NO. The Morgan fingerprint density at radius 2 is 1.82 bits per heavy atom. The number of fused-ring (bicyclic) bond motifs is 1. The molecule has 0 fully saturated rings. The summed E-state index contributed by atoms with van der Waals surface area (Å²) in [5.41, 5.74) is 0.189. The van der Waals surface area contributed by atoms with Gasteiger partial charge >= 0.3 is 6.18 Å². The predicted octanol–water partition coefficient (Wildman–Crippen LogP) is 5.43. The molecule has 0 saturated heterocycles. The van der Waals surface area contributed by atoms with Crippen LogP contribution in [-0.2, 0) is 6.18 Å². The molecule has 0 aliphatic carbocycles. The summed E-state index contributed by atoms with van der Waals surface area (Å²) in [5, 5.41) is 0.580. The summed E-state index contributed by atoms with van der Waals surface area (Å²) in [6.07, 6.45) is -3.91. The second-order valence-corrected chi connectivity index (χ2v) is 5.68. The molecule has 2 nitrogen and oxygen atoms in total. The van der Waals surface area contributed by atoms with Gasteiger partial charge < -0.3 is 4.98 Å². The van der Waals surface area contributed by atoms with Gasteiger partial charge in [0.15, 0.2) is 6.29 Å². The fourth-order valence-corrected chi connectivity index (χ4v) is 2.83. The molecule has 0 aliphatic heterocycles. The first kappa shape index (κ1) is 14.8. The van der Waals surface area contributed by atoms with E-state index >= 15 is 0 Å². The summed E-state index contributed by atoms with van der Waals surface area (Å²) >= 11 is 3.30. The van der Waals surface area contributed by atoms with Gasteiger partial charge in [-0.25, -0.2) is 0 Å². The predicted molar refractivity (Wildman–Crippen MR) is 81.8 cm³/mol. The lowest BCUT2D eigenvalue weighted by Gasteiger charge is -2.12. The zero-order chi connectivity index (χ0) is 15.9. The van der Waals surface area contributed by atoms with Crippen LogP contribution >= 0.6 is 15.9 Å². The molecule has 0 bridgehead atoms. The van der Waals surface area contributed by atoms with E-state index in [2.05, 4.69) is 20.9 Å². The summed E-state index contributed by atoms with van der Waals surface area (Å²) in [4.78, 5) is 14.4. The highest BCUT2D eigenvalue weighted by Gasteiger charge is 2.34. The first-order valence-electron chi connectivity index (χ1n) is 6.35. The van der Waals surface area contributed by atoms with Crippen LogP contribution in [0.2, 0.25) is 0 Å². The molecule has 6 heteroatoms. The molecule has 1 heterocycles. The minimum absolute atomic E-state index is 0.0376. The summed E-state index contributed by atoms with van der Waals surface area (Å²) < 4.78 is 40.3. The van der Waals surface area contributed by atoms with E-state index in [1.807, 2.05) is 0 Å². The Hall–Kier alpha value is -2.08. The Morgan fingerprint density at radius 3 is 2.50 bits per heavy atom. The number of aromatic nitrogens is 1. The van der Waals surface area contributed by atoms with E-state index in [9.17, 15) is 18.0 Å². The van der Waals surface area contributed by atoms with Crippen molar-refractivity contribution in [2.24, 2.45) is 0 Å². The number of halogens is 4. The maximum absolute atomic E-state index is 13.2. The van der Waals surface area contributed by atoms with Crippen LogP contribution in [-0.4, -0.2) is 11.3 Å². The minimum atomic E-state index is -4.49. The summed E-state index contributed by atoms with van der Waals surface area (Å²) in [5.74, 6) is 0. The first-order chi connectivity index (χ1) is 10.4. The number of aromatic amines is 1. The Bertz CT molecular complexity index is 867. The van der Waals surface area contributed by atoms with Crippen molar-refractivity contribution in [3.05, 3.63) is 58.1 Å². The molecule has 112 valence electrons. The third-order valence-corrected chi connectivity index (χ3v) is 3.91. The lowest BCUT2D eigenvalue weighted by atomic mass is 10.0. The number of hydrogen-bond donors (Lipinski definition) is 1. The quantitative estimate of drug-likeness (QED) is 0.602. The number of hydrogen-bond acceptors (Lipinski definition) is 1. The Balaban J connectivity index is 2.34. The average Bonchev–Trinajstić information content (AvgIpc) is 2.84. The molecule has 22 heavy (non-hydrogen) atoms. The van der Waals surface area contributed by atoms with Crippen molar-refractivity contribution < 1.29 is 18.0 Å². The molecule has 0 radical (unpaired) electrons. The van der Waals surface area contributed by atoms with Gasteiger partial charge in [0.1, 0.15) is 0 Å². The number of aldehydes is 1. The number of rotatable bonds is 2. The molecule has 0 saturated carbocycles. The normalized spacial score (nSPS) is 11.8. The smallest absolute Gasteiger partial charge is 0.354 e. The van der Waals surface area contributed by atoms with E-state index in [4.69, 9.17) is 0 Å². The summed E-state index contributed by atoms with van der Waals surface area (Å²) in [6, 6.07) is 10.4. The number of benzene rings is 2. The number of H-pyrrole nitrogens is 1. The van der Waals surface area contributed by atoms with E-state index in [1.54, 1.807) is 18.2 Å². The molecule has 2 aromatic carbocycles. The van der Waals surface area contributed by atoms with Crippen molar-refractivity contribution in [3.63, 3.8) is 0 Å². The van der Waals surface area contributed by atoms with E-state index < -0.39 is 11.7 Å². The lowest BCUT2D eigenvalue weighted by molar-refractivity contribution is -0.137. The molecule has 0 atom stereocenters. The molecule has 0 aliphatic rings. The van der Waals surface area contributed by atoms with Gasteiger partial charge in [-0.15, -0.1) is 0 Å². The summed E-state index contributed by atoms with van der Waals surface area (Å²) in [6.45, 7) is 0. The van der Waals surface area contributed by atoms with Crippen LogP contribution in [0.1, 0.15) is 15.9 Å². The largest absolute Gasteiger partial charge is 0.417 e. The lowest BCUT2D eigenvalue weighted by Crippen LogP contribution is -2.07. The fourth-order valence-electron chi connectivity index (χ4n) is 2.47. The molecule has 3 aromatic rings. The van der Waals surface area contributed by atoms with Crippen LogP contribution < -0.4 is 0 Å². The number of carbonyl (C=O) groups is 1. The van der Waals surface area contributed by atoms with E-state index in [1.165, 1.54) is 18.2 Å². The minimum Gasteiger partial charge on any atom is -0.354 e. The van der Waals surface area contributed by atoms with Crippen LogP contribution in [0.25, 0.3) is 22.2 Å². The van der Waals surface area contributed by atoms with Crippen LogP contribution in [0.15, 0.2) is 46.9 Å². The van der Waals surface area contributed by atoms with Gasteiger partial charge in [0.05, 0.1) is 11.3 Å². The molecule has 0 amide bonds. The van der Waals surface area contributed by atoms with Crippen LogP contribution in [0, 0.1) is 0 Å². The average molecular weight is 368 g/mol. The van der Waals surface area contributed by atoms with Crippen molar-refractivity contribution in [3.8, 4) is 11.3 Å². The van der Waals surface area contributed by atoms with Gasteiger partial charge in [0.2, 0.25) is 0 Å². The highest BCUT2D eigenvalue weighted by molar-refractivity contribution is 9.10. The molecule has 3 rings (SSSR count). The highest BCUT2D eigenvalue weighted by Crippen LogP contribution is 2.39. The zero-order valence-corrected chi connectivity index (χ0v) is 12.6. The topological polar surface area (TPSA) is 32.9 Å². The van der Waals surface area contributed by atoms with Gasteiger partial charge in [-0.3, -0.25) is 4.79 Å². The van der Waals surface area contributed by atoms with Crippen molar-refractivity contribution in [2.75, 3.05) is 0 Å². The molecule has 1 N–H and O–H groups in total. The van der Waals surface area contributed by atoms with E-state index in [0.29, 0.717) is 17.2 Å². The molecule has 0 spiro atoms. The SMILES string of the molecule is O=Cc1c(-c2ccccc2C(F)(F)F)[nH]c2ccc(Br)cc12. The van der Waals surface area contributed by atoms with Gasteiger partial charge in [-0.2, -0.15) is 13.2 Å². The van der Waals surface area contributed by atoms with Gasteiger partial charge in [-0.1, -0.05) is 34.1 Å². The van der Waals surface area contributed by atoms with Crippen molar-refractivity contribution in [1.82, 2.24) is 4.98 Å². The third kappa shape index (κ3) is 2.43.